The number of rotatable bonds is 12. The molecule has 2 N–H and O–H groups in total. The lowest BCUT2D eigenvalue weighted by Gasteiger charge is -2.20. The molecule has 0 spiro atoms. The van der Waals surface area contributed by atoms with Gasteiger partial charge in [0.1, 0.15) is 0 Å². The Morgan fingerprint density at radius 3 is 1.48 bits per heavy atom. The summed E-state index contributed by atoms with van der Waals surface area (Å²) in [4.78, 5) is 0. The van der Waals surface area contributed by atoms with Crippen LogP contribution in [0.1, 0.15) is 97.3 Å². The highest BCUT2D eigenvalue weighted by atomic mass is 14.9. The summed E-state index contributed by atoms with van der Waals surface area (Å²) in [5, 5.41) is 7.39. The van der Waals surface area contributed by atoms with Gasteiger partial charge >= 0.3 is 0 Å². The van der Waals surface area contributed by atoms with Gasteiger partial charge in [0.2, 0.25) is 0 Å². The molecule has 0 amide bonds. The highest BCUT2D eigenvalue weighted by Gasteiger charge is 2.26. The average Bonchev–Trinajstić information content (AvgIpc) is 3.17. The molecule has 2 heteroatoms. The minimum absolute atomic E-state index is 0.838. The van der Waals surface area contributed by atoms with E-state index in [0.29, 0.717) is 0 Å². The first-order valence-electron chi connectivity index (χ1n) is 10.8. The lowest BCUT2D eigenvalue weighted by Crippen LogP contribution is -2.32. The van der Waals surface area contributed by atoms with E-state index in [4.69, 9.17) is 0 Å². The van der Waals surface area contributed by atoms with Crippen LogP contribution in [0.4, 0.5) is 0 Å². The van der Waals surface area contributed by atoms with E-state index in [1.807, 2.05) is 0 Å². The fraction of sp³-hybridized carbons (Fsp3) is 1.00. The van der Waals surface area contributed by atoms with Gasteiger partial charge in [0.15, 0.2) is 0 Å². The quantitative estimate of drug-likeness (QED) is 0.478. The van der Waals surface area contributed by atoms with E-state index in [1.165, 1.54) is 83.5 Å². The zero-order chi connectivity index (χ0) is 16.3. The van der Waals surface area contributed by atoms with Gasteiger partial charge in [-0.1, -0.05) is 58.8 Å². The number of hydrogen-bond acceptors (Lipinski definition) is 2. The minimum Gasteiger partial charge on any atom is -0.314 e. The van der Waals surface area contributed by atoms with Gasteiger partial charge in [-0.15, -0.1) is 0 Å². The number of nitrogens with one attached hydrogen (secondary N) is 2. The van der Waals surface area contributed by atoms with Crippen molar-refractivity contribution in [2.24, 2.45) is 11.8 Å². The summed E-state index contributed by atoms with van der Waals surface area (Å²) in [7, 11) is 0. The van der Waals surface area contributed by atoms with E-state index in [2.05, 4.69) is 24.5 Å². The van der Waals surface area contributed by atoms with Crippen LogP contribution in [-0.4, -0.2) is 25.2 Å². The summed E-state index contributed by atoms with van der Waals surface area (Å²) < 4.78 is 0. The zero-order valence-corrected chi connectivity index (χ0v) is 15.9. The molecule has 2 rings (SSSR count). The van der Waals surface area contributed by atoms with E-state index >= 15 is 0 Å². The van der Waals surface area contributed by atoms with Crippen molar-refractivity contribution in [2.75, 3.05) is 13.1 Å². The molecule has 0 aliphatic heterocycles. The largest absolute Gasteiger partial charge is 0.314 e. The van der Waals surface area contributed by atoms with Gasteiger partial charge in [0.05, 0.1) is 0 Å². The summed E-state index contributed by atoms with van der Waals surface area (Å²) in [6.07, 6.45) is 19.0. The highest BCUT2D eigenvalue weighted by Crippen LogP contribution is 2.31. The van der Waals surface area contributed by atoms with Crippen molar-refractivity contribution in [3.8, 4) is 0 Å². The lowest BCUT2D eigenvalue weighted by molar-refractivity contribution is 0.360. The molecule has 2 aliphatic rings. The van der Waals surface area contributed by atoms with Crippen molar-refractivity contribution in [1.82, 2.24) is 10.6 Å². The third-order valence-electron chi connectivity index (χ3n) is 6.40. The zero-order valence-electron chi connectivity index (χ0n) is 15.9. The van der Waals surface area contributed by atoms with Crippen LogP contribution in [0, 0.1) is 11.8 Å². The molecule has 4 atom stereocenters. The number of hydrogen-bond donors (Lipinski definition) is 2. The molecule has 4 unspecified atom stereocenters. The first-order valence-corrected chi connectivity index (χ1v) is 10.8. The van der Waals surface area contributed by atoms with Crippen molar-refractivity contribution < 1.29 is 0 Å². The molecule has 0 saturated heterocycles. The van der Waals surface area contributed by atoms with Crippen LogP contribution in [0.3, 0.4) is 0 Å². The molecule has 23 heavy (non-hydrogen) atoms. The van der Waals surface area contributed by atoms with Crippen LogP contribution in [-0.2, 0) is 0 Å². The molecule has 2 fully saturated rings. The van der Waals surface area contributed by atoms with Crippen LogP contribution in [0.15, 0.2) is 0 Å². The van der Waals surface area contributed by atoms with E-state index in [9.17, 15) is 0 Å². The molecule has 0 radical (unpaired) electrons. The summed E-state index contributed by atoms with van der Waals surface area (Å²) in [6.45, 7) is 6.80. The van der Waals surface area contributed by atoms with E-state index in [0.717, 1.165) is 37.0 Å². The molecule has 0 aromatic heterocycles. The van der Waals surface area contributed by atoms with Crippen LogP contribution in [0.25, 0.3) is 0 Å². The van der Waals surface area contributed by atoms with Crippen molar-refractivity contribution in [2.45, 2.75) is 109 Å². The molecular formula is C21H42N2. The predicted octanol–water partition coefficient (Wildman–Crippen LogP) is 5.27. The molecule has 0 bridgehead atoms. The normalized spacial score (nSPS) is 31.0. The first-order chi connectivity index (χ1) is 11.3. The minimum atomic E-state index is 0.838. The van der Waals surface area contributed by atoms with Gasteiger partial charge in [-0.05, 0) is 63.5 Å². The smallest absolute Gasteiger partial charge is 0.00952 e. The Hall–Kier alpha value is -0.0800. The predicted molar refractivity (Wildman–Crippen MR) is 102 cm³/mol. The molecule has 0 aromatic carbocycles. The Morgan fingerprint density at radius 1 is 0.609 bits per heavy atom. The van der Waals surface area contributed by atoms with Crippen molar-refractivity contribution >= 4 is 0 Å². The Morgan fingerprint density at radius 2 is 1.04 bits per heavy atom. The van der Waals surface area contributed by atoms with Crippen LogP contribution in [0.5, 0.6) is 0 Å². The fourth-order valence-corrected chi connectivity index (χ4v) is 5.17. The Labute approximate surface area is 145 Å². The topological polar surface area (TPSA) is 24.1 Å². The SMILES string of the molecule is CCNC1CCCC1CCCCCCCC1CCCC1NCC. The molecule has 0 aromatic rings. The van der Waals surface area contributed by atoms with Gasteiger partial charge in [-0.3, -0.25) is 0 Å². The van der Waals surface area contributed by atoms with E-state index in [-0.39, 0.29) is 0 Å². The first kappa shape index (κ1) is 19.2. The van der Waals surface area contributed by atoms with E-state index < -0.39 is 0 Å². The molecule has 2 nitrogen and oxygen atoms in total. The van der Waals surface area contributed by atoms with Gasteiger partial charge in [0.25, 0.3) is 0 Å². The van der Waals surface area contributed by atoms with Crippen molar-refractivity contribution in [3.63, 3.8) is 0 Å². The second-order valence-corrected chi connectivity index (χ2v) is 8.06. The molecule has 136 valence electrons. The third kappa shape index (κ3) is 6.74. The van der Waals surface area contributed by atoms with Crippen molar-refractivity contribution in [3.05, 3.63) is 0 Å². The highest BCUT2D eigenvalue weighted by molar-refractivity contribution is 4.83. The summed E-state index contributed by atoms with van der Waals surface area (Å²) in [5.74, 6) is 1.96. The van der Waals surface area contributed by atoms with Crippen LogP contribution >= 0.6 is 0 Å². The monoisotopic (exact) mass is 322 g/mol. The van der Waals surface area contributed by atoms with Gasteiger partial charge < -0.3 is 10.6 Å². The Bertz CT molecular complexity index is 264. The maximum Gasteiger partial charge on any atom is 0.00952 e. The summed E-state index contributed by atoms with van der Waals surface area (Å²) >= 11 is 0. The maximum absolute atomic E-state index is 3.70. The Balaban J connectivity index is 1.45. The molecule has 2 saturated carbocycles. The fourth-order valence-electron chi connectivity index (χ4n) is 5.17. The molecular weight excluding hydrogens is 280 g/mol. The van der Waals surface area contributed by atoms with Crippen molar-refractivity contribution in [1.29, 1.82) is 0 Å². The van der Waals surface area contributed by atoms with E-state index in [1.54, 1.807) is 0 Å². The molecule has 0 heterocycles. The third-order valence-corrected chi connectivity index (χ3v) is 6.40. The van der Waals surface area contributed by atoms with Gasteiger partial charge in [-0.25, -0.2) is 0 Å². The lowest BCUT2D eigenvalue weighted by atomic mass is 9.94. The van der Waals surface area contributed by atoms with Crippen LogP contribution in [0.2, 0.25) is 0 Å². The maximum atomic E-state index is 3.70. The number of unbranched alkanes of at least 4 members (excludes halogenated alkanes) is 4. The Kier molecular flexibility index (Phi) is 9.60. The second-order valence-electron chi connectivity index (χ2n) is 8.06. The summed E-state index contributed by atoms with van der Waals surface area (Å²) in [6, 6.07) is 1.68. The summed E-state index contributed by atoms with van der Waals surface area (Å²) in [5.41, 5.74) is 0. The second kappa shape index (κ2) is 11.5. The van der Waals surface area contributed by atoms with Crippen LogP contribution < -0.4 is 10.6 Å². The van der Waals surface area contributed by atoms with Gasteiger partial charge in [-0.2, -0.15) is 0 Å². The van der Waals surface area contributed by atoms with Gasteiger partial charge in [0, 0.05) is 12.1 Å². The standard InChI is InChI=1S/C21H42N2/c1-3-22-20-16-10-14-18(20)12-8-6-5-7-9-13-19-15-11-17-21(19)23-4-2/h18-23H,3-17H2,1-2H3. The molecule has 2 aliphatic carbocycles. The average molecular weight is 323 g/mol.